The number of aryl methyl sites for hydroxylation is 1. The van der Waals surface area contributed by atoms with Gasteiger partial charge in [0.05, 0.1) is 10.6 Å². The normalized spacial score (nSPS) is 14.0. The van der Waals surface area contributed by atoms with E-state index in [2.05, 4.69) is 10.6 Å². The molecule has 0 unspecified atom stereocenters. The number of nitrogens with one attached hydrogen (secondary N) is 2. The Morgan fingerprint density at radius 3 is 2.72 bits per heavy atom. The van der Waals surface area contributed by atoms with Gasteiger partial charge in [0.2, 0.25) is 0 Å². The van der Waals surface area contributed by atoms with E-state index in [1.165, 1.54) is 18.2 Å². The molecule has 0 aliphatic carbocycles. The molecule has 0 saturated heterocycles. The smallest absolute Gasteiger partial charge is 0.255 e. The number of fused-ring (bicyclic) bond motifs is 1. The van der Waals surface area contributed by atoms with Gasteiger partial charge in [0.15, 0.2) is 9.84 Å². The van der Waals surface area contributed by atoms with Crippen molar-refractivity contribution in [3.8, 4) is 0 Å². The second-order valence-electron chi connectivity index (χ2n) is 6.20. The molecular formula is C18H19FN2O3S. The molecule has 2 aromatic rings. The number of carbonyl (C=O) groups is 1. The summed E-state index contributed by atoms with van der Waals surface area (Å²) in [7, 11) is -3.44. The number of carbonyl (C=O) groups excluding carboxylic acids is 1. The molecule has 1 aliphatic rings. The fourth-order valence-corrected chi connectivity index (χ4v) is 3.96. The topological polar surface area (TPSA) is 75.3 Å². The predicted octanol–water partition coefficient (Wildman–Crippen LogP) is 2.44. The lowest BCUT2D eigenvalue weighted by atomic mass is 9.99. The molecule has 3 rings (SSSR count). The lowest BCUT2D eigenvalue weighted by molar-refractivity contribution is 0.102. The fourth-order valence-electron chi connectivity index (χ4n) is 2.97. The van der Waals surface area contributed by atoms with Crippen molar-refractivity contribution in [1.82, 2.24) is 5.32 Å². The van der Waals surface area contributed by atoms with Crippen molar-refractivity contribution < 1.29 is 17.6 Å². The molecule has 25 heavy (non-hydrogen) atoms. The Balaban J connectivity index is 1.91. The molecule has 1 heterocycles. The van der Waals surface area contributed by atoms with Crippen LogP contribution in [0.3, 0.4) is 0 Å². The molecule has 0 radical (unpaired) electrons. The molecular weight excluding hydrogens is 343 g/mol. The SMILES string of the molecule is Cc1ccc(C(=O)Nc2ccc3c(c2F)CCNC3)cc1S(C)(=O)=O. The van der Waals surface area contributed by atoms with Crippen molar-refractivity contribution >= 4 is 21.4 Å². The van der Waals surface area contributed by atoms with Gasteiger partial charge in [0, 0.05) is 18.4 Å². The van der Waals surface area contributed by atoms with Gasteiger partial charge in [-0.15, -0.1) is 0 Å². The minimum atomic E-state index is -3.44. The lowest BCUT2D eigenvalue weighted by Gasteiger charge is -2.19. The van der Waals surface area contributed by atoms with Crippen LogP contribution in [0, 0.1) is 12.7 Å². The third-order valence-electron chi connectivity index (χ3n) is 4.31. The van der Waals surface area contributed by atoms with Crippen molar-refractivity contribution in [2.24, 2.45) is 0 Å². The van der Waals surface area contributed by atoms with Crippen LogP contribution in [0.2, 0.25) is 0 Å². The van der Waals surface area contributed by atoms with Crippen LogP contribution in [-0.4, -0.2) is 27.1 Å². The molecule has 132 valence electrons. The summed E-state index contributed by atoms with van der Waals surface area (Å²) in [5.74, 6) is -0.972. The maximum Gasteiger partial charge on any atom is 0.255 e. The second-order valence-corrected chi connectivity index (χ2v) is 8.18. The van der Waals surface area contributed by atoms with Gasteiger partial charge in [-0.05, 0) is 54.8 Å². The highest BCUT2D eigenvalue weighted by molar-refractivity contribution is 7.90. The standard InChI is InChI=1S/C18H19FN2O3S/c1-11-3-4-12(9-16(11)25(2,23)24)18(22)21-15-6-5-13-10-20-8-7-14(13)17(15)19/h3-6,9,20H,7-8,10H2,1-2H3,(H,21,22). The Bertz CT molecular complexity index is 955. The Kier molecular flexibility index (Phi) is 4.62. The molecule has 1 amide bonds. The first kappa shape index (κ1) is 17.6. The number of benzene rings is 2. The Labute approximate surface area is 146 Å². The molecule has 0 bridgehead atoms. The zero-order chi connectivity index (χ0) is 18.2. The van der Waals surface area contributed by atoms with E-state index in [-0.39, 0.29) is 16.1 Å². The monoisotopic (exact) mass is 362 g/mol. The summed E-state index contributed by atoms with van der Waals surface area (Å²) in [6.07, 6.45) is 1.65. The van der Waals surface area contributed by atoms with Crippen LogP contribution < -0.4 is 10.6 Å². The van der Waals surface area contributed by atoms with E-state index in [0.717, 1.165) is 11.8 Å². The lowest BCUT2D eigenvalue weighted by Crippen LogP contribution is -2.25. The van der Waals surface area contributed by atoms with Crippen LogP contribution in [0.15, 0.2) is 35.2 Å². The number of sulfone groups is 1. The summed E-state index contributed by atoms with van der Waals surface area (Å²) in [6, 6.07) is 7.74. The van der Waals surface area contributed by atoms with Crippen molar-refractivity contribution in [2.75, 3.05) is 18.1 Å². The third-order valence-corrected chi connectivity index (χ3v) is 5.54. The molecule has 0 fully saturated rings. The molecule has 7 heteroatoms. The predicted molar refractivity (Wildman–Crippen MR) is 94.1 cm³/mol. The molecule has 2 aromatic carbocycles. The number of hydrogen-bond donors (Lipinski definition) is 2. The summed E-state index contributed by atoms with van der Waals surface area (Å²) >= 11 is 0. The first-order valence-corrected chi connectivity index (χ1v) is 9.79. The number of rotatable bonds is 3. The Hall–Kier alpha value is -2.25. The van der Waals surface area contributed by atoms with E-state index in [1.807, 2.05) is 0 Å². The molecule has 2 N–H and O–H groups in total. The molecule has 0 atom stereocenters. The molecule has 0 aromatic heterocycles. The van der Waals surface area contributed by atoms with Crippen LogP contribution in [0.4, 0.5) is 10.1 Å². The number of anilines is 1. The maximum absolute atomic E-state index is 14.6. The average molecular weight is 362 g/mol. The summed E-state index contributed by atoms with van der Waals surface area (Å²) in [5, 5.41) is 5.71. The minimum absolute atomic E-state index is 0.0946. The van der Waals surface area contributed by atoms with Gasteiger partial charge in [-0.25, -0.2) is 12.8 Å². The highest BCUT2D eigenvalue weighted by Crippen LogP contribution is 2.25. The fraction of sp³-hybridized carbons (Fsp3) is 0.278. The molecule has 0 saturated carbocycles. The molecule has 1 aliphatic heterocycles. The summed E-state index contributed by atoms with van der Waals surface area (Å²) in [5.41, 5.74) is 2.33. The number of amides is 1. The van der Waals surface area contributed by atoms with Crippen LogP contribution in [-0.2, 0) is 22.8 Å². The highest BCUT2D eigenvalue weighted by atomic mass is 32.2. The van der Waals surface area contributed by atoms with E-state index < -0.39 is 21.6 Å². The van der Waals surface area contributed by atoms with Crippen LogP contribution in [0.1, 0.15) is 27.0 Å². The van der Waals surface area contributed by atoms with E-state index in [9.17, 15) is 17.6 Å². The summed E-state index contributed by atoms with van der Waals surface area (Å²) in [6.45, 7) is 2.96. The Morgan fingerprint density at radius 1 is 1.24 bits per heavy atom. The molecule has 5 nitrogen and oxygen atoms in total. The van der Waals surface area contributed by atoms with Gasteiger partial charge in [-0.2, -0.15) is 0 Å². The maximum atomic E-state index is 14.6. The van der Waals surface area contributed by atoms with Crippen molar-refractivity contribution in [3.05, 3.63) is 58.4 Å². The van der Waals surface area contributed by atoms with E-state index >= 15 is 0 Å². The van der Waals surface area contributed by atoms with Crippen LogP contribution in [0.5, 0.6) is 0 Å². The zero-order valence-corrected chi connectivity index (χ0v) is 14.8. The van der Waals surface area contributed by atoms with E-state index in [4.69, 9.17) is 0 Å². The van der Waals surface area contributed by atoms with Crippen molar-refractivity contribution in [3.63, 3.8) is 0 Å². The third kappa shape index (κ3) is 3.57. The van der Waals surface area contributed by atoms with Crippen molar-refractivity contribution in [1.29, 1.82) is 0 Å². The number of hydrogen-bond acceptors (Lipinski definition) is 4. The minimum Gasteiger partial charge on any atom is -0.319 e. The average Bonchev–Trinajstić information content (AvgIpc) is 2.57. The first-order chi connectivity index (χ1) is 11.8. The zero-order valence-electron chi connectivity index (χ0n) is 14.0. The van der Waals surface area contributed by atoms with Crippen molar-refractivity contribution in [2.45, 2.75) is 24.8 Å². The van der Waals surface area contributed by atoms with Gasteiger partial charge < -0.3 is 10.6 Å². The molecule has 0 spiro atoms. The van der Waals surface area contributed by atoms with Gasteiger partial charge >= 0.3 is 0 Å². The van der Waals surface area contributed by atoms with E-state index in [0.29, 0.717) is 30.6 Å². The number of halogens is 1. The van der Waals surface area contributed by atoms with Crippen LogP contribution >= 0.6 is 0 Å². The van der Waals surface area contributed by atoms with Gasteiger partial charge in [0.1, 0.15) is 5.82 Å². The summed E-state index contributed by atoms with van der Waals surface area (Å²) < 4.78 is 38.2. The highest BCUT2D eigenvalue weighted by Gasteiger charge is 2.19. The van der Waals surface area contributed by atoms with Gasteiger partial charge in [-0.3, -0.25) is 4.79 Å². The largest absolute Gasteiger partial charge is 0.319 e. The Morgan fingerprint density at radius 2 is 2.00 bits per heavy atom. The van der Waals surface area contributed by atoms with Gasteiger partial charge in [-0.1, -0.05) is 12.1 Å². The van der Waals surface area contributed by atoms with Gasteiger partial charge in [0.25, 0.3) is 5.91 Å². The first-order valence-electron chi connectivity index (χ1n) is 7.90. The quantitative estimate of drug-likeness (QED) is 0.879. The van der Waals surface area contributed by atoms with E-state index in [1.54, 1.807) is 19.1 Å². The van der Waals surface area contributed by atoms with Crippen LogP contribution in [0.25, 0.3) is 0 Å². The second kappa shape index (κ2) is 6.57. The summed E-state index contributed by atoms with van der Waals surface area (Å²) in [4.78, 5) is 12.5.